The van der Waals surface area contributed by atoms with Crippen LogP contribution < -0.4 is 0 Å². The highest BCUT2D eigenvalue weighted by Crippen LogP contribution is 2.53. The highest BCUT2D eigenvalue weighted by molar-refractivity contribution is 7.89. The number of aromatic nitrogens is 2. The fourth-order valence-corrected chi connectivity index (χ4v) is 7.95. The molecule has 1 fully saturated rings. The maximum absolute atomic E-state index is 14.2. The fraction of sp³-hybridized carbons (Fsp3) is 0.469. The molecule has 7 nitrogen and oxygen atoms in total. The van der Waals surface area contributed by atoms with Gasteiger partial charge in [-0.15, -0.1) is 0 Å². The molecule has 0 amide bonds. The number of sulfonamides is 1. The molecule has 5 rings (SSSR count). The SMILES string of the molecule is CN(C)CCN(C)C(c1ccc(F)cc1)[C@@]12Cc3cn[nH]c3C=C1CCN(S(=O)(=O)c1ccc(C(C)(C)C)cc1)C2. The molecular weight excluding hydrogens is 537 g/mol. The first-order chi connectivity index (χ1) is 19.3. The topological polar surface area (TPSA) is 72.5 Å². The Labute approximate surface area is 244 Å². The summed E-state index contributed by atoms with van der Waals surface area (Å²) >= 11 is 0. The number of nitrogens with one attached hydrogen (secondary N) is 1. The molecule has 2 atom stereocenters. The second-order valence-corrected chi connectivity index (χ2v) is 14.9. The van der Waals surface area contributed by atoms with Gasteiger partial charge in [0, 0.05) is 37.6 Å². The normalized spacial score (nSPS) is 20.6. The number of halogens is 1. The molecule has 2 aliphatic rings. The number of rotatable bonds is 8. The van der Waals surface area contributed by atoms with Crippen LogP contribution in [0.4, 0.5) is 4.39 Å². The summed E-state index contributed by atoms with van der Waals surface area (Å²) in [4.78, 5) is 4.76. The van der Waals surface area contributed by atoms with Crippen LogP contribution in [-0.2, 0) is 21.9 Å². The van der Waals surface area contributed by atoms with Gasteiger partial charge in [-0.25, -0.2) is 12.8 Å². The zero-order valence-electron chi connectivity index (χ0n) is 25.0. The van der Waals surface area contributed by atoms with E-state index in [1.165, 1.54) is 17.7 Å². The van der Waals surface area contributed by atoms with Crippen molar-refractivity contribution in [2.24, 2.45) is 5.41 Å². The molecule has 41 heavy (non-hydrogen) atoms. The highest BCUT2D eigenvalue weighted by Gasteiger charge is 2.52. The fourth-order valence-electron chi connectivity index (χ4n) is 6.44. The van der Waals surface area contributed by atoms with Crippen molar-refractivity contribution in [3.8, 4) is 0 Å². The maximum Gasteiger partial charge on any atom is 0.243 e. The molecular formula is C32H42FN5O2S. The summed E-state index contributed by atoms with van der Waals surface area (Å²) in [5, 5.41) is 7.43. The van der Waals surface area contributed by atoms with Gasteiger partial charge in [-0.3, -0.25) is 10.00 Å². The van der Waals surface area contributed by atoms with Crippen LogP contribution in [0, 0.1) is 11.2 Å². The molecule has 2 heterocycles. The van der Waals surface area contributed by atoms with Gasteiger partial charge in [-0.05, 0) is 86.4 Å². The lowest BCUT2D eigenvalue weighted by atomic mass is 9.62. The Morgan fingerprint density at radius 3 is 2.37 bits per heavy atom. The van der Waals surface area contributed by atoms with E-state index in [2.05, 4.69) is 53.9 Å². The number of fused-ring (bicyclic) bond motifs is 2. The molecule has 0 saturated carbocycles. The van der Waals surface area contributed by atoms with Crippen LogP contribution in [-0.4, -0.2) is 80.0 Å². The van der Waals surface area contributed by atoms with Crippen molar-refractivity contribution in [2.75, 3.05) is 47.3 Å². The van der Waals surface area contributed by atoms with E-state index in [1.807, 2.05) is 44.6 Å². The van der Waals surface area contributed by atoms with Crippen LogP contribution >= 0.6 is 0 Å². The van der Waals surface area contributed by atoms with Gasteiger partial charge in [0.15, 0.2) is 0 Å². The maximum atomic E-state index is 14.2. The minimum atomic E-state index is -3.75. The molecule has 1 unspecified atom stereocenters. The Kier molecular flexibility index (Phi) is 8.02. The third-order valence-corrected chi connectivity index (χ3v) is 10.6. The van der Waals surface area contributed by atoms with Gasteiger partial charge in [0.2, 0.25) is 10.0 Å². The minimum Gasteiger partial charge on any atom is -0.308 e. The number of nitrogens with zero attached hydrogens (tertiary/aromatic N) is 4. The summed E-state index contributed by atoms with van der Waals surface area (Å²) in [6.07, 6.45) is 5.26. The summed E-state index contributed by atoms with van der Waals surface area (Å²) in [5.41, 5.74) is 4.69. The van der Waals surface area contributed by atoms with Gasteiger partial charge >= 0.3 is 0 Å². The average Bonchev–Trinajstić information content (AvgIpc) is 3.37. The third kappa shape index (κ3) is 5.78. The van der Waals surface area contributed by atoms with E-state index < -0.39 is 15.4 Å². The standard InChI is InChI=1S/C32H42FN5O2S/c1-31(2,3)25-9-13-28(14-10-25)41(39,40)38-16-15-26-19-29-24(21-34-35-29)20-32(26,22-38)30(37(6)18-17-36(4)5)23-7-11-27(33)12-8-23/h7-14,19,21,30H,15-18,20,22H2,1-6H3,(H,34,35)/t30?,32-/m1/s1. The zero-order chi connectivity index (χ0) is 29.6. The lowest BCUT2D eigenvalue weighted by molar-refractivity contribution is 0.0680. The monoisotopic (exact) mass is 579 g/mol. The van der Waals surface area contributed by atoms with Crippen LogP contribution in [0.3, 0.4) is 0 Å². The summed E-state index contributed by atoms with van der Waals surface area (Å²) < 4.78 is 44.1. The number of benzene rings is 2. The first kappa shape index (κ1) is 29.6. The predicted octanol–water partition coefficient (Wildman–Crippen LogP) is 5.10. The minimum absolute atomic E-state index is 0.0684. The third-order valence-electron chi connectivity index (χ3n) is 8.71. The zero-order valence-corrected chi connectivity index (χ0v) is 25.8. The van der Waals surface area contributed by atoms with Crippen molar-refractivity contribution in [3.63, 3.8) is 0 Å². The lowest BCUT2D eigenvalue weighted by Crippen LogP contribution is -2.55. The van der Waals surface area contributed by atoms with Crippen LogP contribution in [0.2, 0.25) is 0 Å². The number of aromatic amines is 1. The second-order valence-electron chi connectivity index (χ2n) is 12.9. The summed E-state index contributed by atoms with van der Waals surface area (Å²) in [5.74, 6) is -0.288. The largest absolute Gasteiger partial charge is 0.308 e. The van der Waals surface area contributed by atoms with Gasteiger partial charge in [-0.2, -0.15) is 9.40 Å². The van der Waals surface area contributed by atoms with E-state index in [4.69, 9.17) is 0 Å². The Morgan fingerprint density at radius 1 is 1.05 bits per heavy atom. The molecule has 1 N–H and O–H groups in total. The average molecular weight is 580 g/mol. The number of piperidine rings is 1. The Balaban J connectivity index is 1.60. The Morgan fingerprint density at radius 2 is 1.73 bits per heavy atom. The Hall–Kier alpha value is -2.85. The first-order valence-corrected chi connectivity index (χ1v) is 15.7. The summed E-state index contributed by atoms with van der Waals surface area (Å²) in [6, 6.07) is 13.8. The smallest absolute Gasteiger partial charge is 0.243 e. The molecule has 1 saturated heterocycles. The molecule has 2 aromatic carbocycles. The van der Waals surface area contributed by atoms with E-state index in [-0.39, 0.29) is 17.3 Å². The Bertz CT molecular complexity index is 1510. The first-order valence-electron chi connectivity index (χ1n) is 14.3. The number of hydrogen-bond acceptors (Lipinski definition) is 5. The van der Waals surface area contributed by atoms with Crippen molar-refractivity contribution in [1.82, 2.24) is 24.3 Å². The molecule has 9 heteroatoms. The van der Waals surface area contributed by atoms with Crippen molar-refractivity contribution in [3.05, 3.63) is 88.5 Å². The molecule has 0 bridgehead atoms. The molecule has 1 aliphatic carbocycles. The quantitative estimate of drug-likeness (QED) is 0.402. The number of H-pyrrole nitrogens is 1. The van der Waals surface area contributed by atoms with Crippen LogP contribution in [0.25, 0.3) is 6.08 Å². The van der Waals surface area contributed by atoms with Crippen LogP contribution in [0.15, 0.2) is 65.2 Å². The van der Waals surface area contributed by atoms with Crippen molar-refractivity contribution < 1.29 is 12.8 Å². The van der Waals surface area contributed by atoms with Gasteiger partial charge < -0.3 is 4.90 Å². The molecule has 0 spiro atoms. The van der Waals surface area contributed by atoms with Gasteiger partial charge in [0.1, 0.15) is 5.82 Å². The number of hydrogen-bond donors (Lipinski definition) is 1. The molecule has 220 valence electrons. The number of likely N-dealkylation sites (N-methyl/N-ethyl adjacent to an activating group) is 2. The van der Waals surface area contributed by atoms with Crippen molar-refractivity contribution in [2.45, 2.75) is 50.0 Å². The van der Waals surface area contributed by atoms with Gasteiger partial charge in [0.25, 0.3) is 0 Å². The molecule has 1 aromatic heterocycles. The molecule has 3 aromatic rings. The van der Waals surface area contributed by atoms with Crippen LogP contribution in [0.5, 0.6) is 0 Å². The predicted molar refractivity (Wildman–Crippen MR) is 162 cm³/mol. The summed E-state index contributed by atoms with van der Waals surface area (Å²) in [6.45, 7) is 8.68. The van der Waals surface area contributed by atoms with E-state index >= 15 is 0 Å². The molecule has 1 aliphatic heterocycles. The van der Waals surface area contributed by atoms with Gasteiger partial charge in [-0.1, -0.05) is 50.6 Å². The van der Waals surface area contributed by atoms with E-state index in [1.54, 1.807) is 16.4 Å². The van der Waals surface area contributed by atoms with Crippen molar-refractivity contribution >= 4 is 16.1 Å². The van der Waals surface area contributed by atoms with E-state index in [0.29, 0.717) is 30.8 Å². The van der Waals surface area contributed by atoms with Gasteiger partial charge in [0.05, 0.1) is 16.8 Å². The van der Waals surface area contributed by atoms with E-state index in [9.17, 15) is 12.8 Å². The molecule has 0 radical (unpaired) electrons. The lowest BCUT2D eigenvalue weighted by Gasteiger charge is -2.53. The highest BCUT2D eigenvalue weighted by atomic mass is 32.2. The second kappa shape index (κ2) is 11.1. The van der Waals surface area contributed by atoms with Crippen LogP contribution in [0.1, 0.15) is 55.6 Å². The summed E-state index contributed by atoms with van der Waals surface area (Å²) in [7, 11) is 2.42. The van der Waals surface area contributed by atoms with Crippen molar-refractivity contribution in [1.29, 1.82) is 0 Å². The van der Waals surface area contributed by atoms with E-state index in [0.717, 1.165) is 35.5 Å².